The number of carbonyl (C=O) groups is 3. The van der Waals surface area contributed by atoms with Gasteiger partial charge in [-0.25, -0.2) is 9.59 Å². The largest absolute Gasteiger partial charge is 0.482 e. The highest BCUT2D eigenvalue weighted by molar-refractivity contribution is 6.09. The van der Waals surface area contributed by atoms with E-state index in [1.807, 2.05) is 19.1 Å². The number of aryl methyl sites for hydroxylation is 3. The highest BCUT2D eigenvalue weighted by atomic mass is 16.6. The molecular weight excluding hydrogens is 350 g/mol. The summed E-state index contributed by atoms with van der Waals surface area (Å²) in [5.74, 6) is -1.17. The van der Waals surface area contributed by atoms with Crippen molar-refractivity contribution in [3.05, 3.63) is 52.3 Å². The molecular formula is C20H23NO6. The van der Waals surface area contributed by atoms with E-state index in [-0.39, 0.29) is 24.3 Å². The summed E-state index contributed by atoms with van der Waals surface area (Å²) < 4.78 is 15.4. The molecule has 0 bridgehead atoms. The minimum absolute atomic E-state index is 0.173. The summed E-state index contributed by atoms with van der Waals surface area (Å²) in [6.45, 7) is 6.29. The summed E-state index contributed by atoms with van der Waals surface area (Å²) in [6, 6.07) is 7.26. The molecule has 7 nitrogen and oxygen atoms in total. The maximum Gasteiger partial charge on any atom is 0.344 e. The molecule has 0 atom stereocenters. The zero-order chi connectivity index (χ0) is 20.0. The number of hydrogen-bond acceptors (Lipinski definition) is 6. The topological polar surface area (TPSA) is 94.7 Å². The average molecular weight is 373 g/mol. The van der Waals surface area contributed by atoms with Gasteiger partial charge >= 0.3 is 11.9 Å². The van der Waals surface area contributed by atoms with Crippen molar-refractivity contribution in [1.82, 2.24) is 4.98 Å². The molecule has 2 aromatic rings. The summed E-state index contributed by atoms with van der Waals surface area (Å²) >= 11 is 0. The van der Waals surface area contributed by atoms with Gasteiger partial charge in [0.2, 0.25) is 5.78 Å². The SMILES string of the molecule is CCOC(=O)c1c(C)[nH]c(C)c1C(=O)COC(=O)COc1ccccc1C. The van der Waals surface area contributed by atoms with Crippen LogP contribution in [0.4, 0.5) is 0 Å². The molecule has 1 aromatic carbocycles. The van der Waals surface area contributed by atoms with Gasteiger partial charge in [-0.1, -0.05) is 18.2 Å². The Hall–Kier alpha value is -3.09. The Balaban J connectivity index is 1.98. The van der Waals surface area contributed by atoms with Crippen molar-refractivity contribution in [3.8, 4) is 5.75 Å². The zero-order valence-corrected chi connectivity index (χ0v) is 15.9. The molecule has 27 heavy (non-hydrogen) atoms. The van der Waals surface area contributed by atoms with E-state index in [1.165, 1.54) is 0 Å². The maximum absolute atomic E-state index is 12.5. The number of carbonyl (C=O) groups excluding carboxylic acids is 3. The van der Waals surface area contributed by atoms with Crippen molar-refractivity contribution in [3.63, 3.8) is 0 Å². The van der Waals surface area contributed by atoms with Crippen LogP contribution in [0.3, 0.4) is 0 Å². The lowest BCUT2D eigenvalue weighted by molar-refractivity contribution is -0.144. The fourth-order valence-electron chi connectivity index (χ4n) is 2.70. The summed E-state index contributed by atoms with van der Waals surface area (Å²) in [5, 5.41) is 0. The summed E-state index contributed by atoms with van der Waals surface area (Å²) in [5.41, 5.74) is 2.29. The molecule has 0 saturated heterocycles. The molecule has 2 rings (SSSR count). The number of H-pyrrole nitrogens is 1. The van der Waals surface area contributed by atoms with Gasteiger partial charge in [-0.15, -0.1) is 0 Å². The number of hydrogen-bond donors (Lipinski definition) is 1. The minimum atomic E-state index is -0.672. The fraction of sp³-hybridized carbons (Fsp3) is 0.350. The van der Waals surface area contributed by atoms with Crippen LogP contribution in [0.2, 0.25) is 0 Å². The Morgan fingerprint density at radius 2 is 1.59 bits per heavy atom. The van der Waals surface area contributed by atoms with Crippen LogP contribution in [-0.2, 0) is 14.3 Å². The molecule has 0 saturated carbocycles. The van der Waals surface area contributed by atoms with Crippen LogP contribution in [-0.4, -0.2) is 42.5 Å². The molecule has 0 amide bonds. The Bertz CT molecular complexity index is 852. The van der Waals surface area contributed by atoms with E-state index in [9.17, 15) is 14.4 Å². The second-order valence-corrected chi connectivity index (χ2v) is 5.98. The maximum atomic E-state index is 12.5. The third-order valence-corrected chi connectivity index (χ3v) is 3.94. The number of aromatic amines is 1. The van der Waals surface area contributed by atoms with E-state index < -0.39 is 24.3 Å². The molecule has 1 N–H and O–H groups in total. The molecule has 144 valence electrons. The smallest absolute Gasteiger partial charge is 0.344 e. The molecule has 1 heterocycles. The number of ether oxygens (including phenoxy) is 3. The van der Waals surface area contributed by atoms with E-state index in [0.717, 1.165) is 5.56 Å². The molecule has 0 aliphatic carbocycles. The first-order chi connectivity index (χ1) is 12.8. The third-order valence-electron chi connectivity index (χ3n) is 3.94. The van der Waals surface area contributed by atoms with Crippen molar-refractivity contribution in [2.24, 2.45) is 0 Å². The number of aromatic nitrogens is 1. The first kappa shape index (κ1) is 20.2. The molecule has 0 fully saturated rings. The quantitative estimate of drug-likeness (QED) is 0.565. The summed E-state index contributed by atoms with van der Waals surface area (Å²) in [4.78, 5) is 39.4. The number of para-hydroxylation sites is 1. The van der Waals surface area contributed by atoms with Gasteiger partial charge in [0, 0.05) is 11.4 Å². The van der Waals surface area contributed by atoms with Gasteiger partial charge in [0.1, 0.15) is 5.75 Å². The highest BCUT2D eigenvalue weighted by Crippen LogP contribution is 2.20. The molecule has 0 aliphatic rings. The van der Waals surface area contributed by atoms with Gasteiger partial charge in [0.05, 0.1) is 17.7 Å². The van der Waals surface area contributed by atoms with Gasteiger partial charge in [-0.2, -0.15) is 0 Å². The fourth-order valence-corrected chi connectivity index (χ4v) is 2.70. The Morgan fingerprint density at radius 3 is 2.26 bits per heavy atom. The van der Waals surface area contributed by atoms with Crippen LogP contribution in [0, 0.1) is 20.8 Å². The van der Waals surface area contributed by atoms with Crippen LogP contribution >= 0.6 is 0 Å². The van der Waals surface area contributed by atoms with Crippen LogP contribution in [0.25, 0.3) is 0 Å². The van der Waals surface area contributed by atoms with Gasteiger partial charge in [-0.05, 0) is 39.3 Å². The number of ketones is 1. The van der Waals surface area contributed by atoms with E-state index in [0.29, 0.717) is 17.1 Å². The third kappa shape index (κ3) is 4.97. The van der Waals surface area contributed by atoms with Gasteiger partial charge in [0.15, 0.2) is 13.2 Å². The number of nitrogens with one attached hydrogen (secondary N) is 1. The molecule has 1 aromatic heterocycles. The van der Waals surface area contributed by atoms with Crippen molar-refractivity contribution < 1.29 is 28.6 Å². The highest BCUT2D eigenvalue weighted by Gasteiger charge is 2.26. The summed E-state index contributed by atoms with van der Waals surface area (Å²) in [6.07, 6.45) is 0. The Kier molecular flexibility index (Phi) is 6.76. The number of Topliss-reactive ketones (excluding diaryl/α,β-unsaturated/α-hetero) is 1. The molecule has 0 unspecified atom stereocenters. The number of rotatable bonds is 8. The second kappa shape index (κ2) is 9.02. The molecule has 0 radical (unpaired) electrons. The van der Waals surface area contributed by atoms with E-state index in [4.69, 9.17) is 14.2 Å². The molecule has 7 heteroatoms. The van der Waals surface area contributed by atoms with Crippen molar-refractivity contribution in [2.45, 2.75) is 27.7 Å². The normalized spacial score (nSPS) is 10.4. The van der Waals surface area contributed by atoms with Crippen molar-refractivity contribution in [2.75, 3.05) is 19.8 Å². The predicted octanol–water partition coefficient (Wildman–Crippen LogP) is 2.92. The second-order valence-electron chi connectivity index (χ2n) is 5.98. The molecule has 0 aliphatic heterocycles. The van der Waals surface area contributed by atoms with Crippen LogP contribution in [0.15, 0.2) is 24.3 Å². The standard InChI is InChI=1S/C20H23NO6/c1-5-25-20(24)19-14(4)21-13(3)18(19)15(22)10-27-17(23)11-26-16-9-7-6-8-12(16)2/h6-9,21H,5,10-11H2,1-4H3. The zero-order valence-electron chi connectivity index (χ0n) is 15.9. The van der Waals surface area contributed by atoms with E-state index >= 15 is 0 Å². The summed E-state index contributed by atoms with van der Waals surface area (Å²) in [7, 11) is 0. The van der Waals surface area contributed by atoms with Crippen molar-refractivity contribution in [1.29, 1.82) is 0 Å². The number of benzene rings is 1. The lowest BCUT2D eigenvalue weighted by atomic mass is 10.1. The van der Waals surface area contributed by atoms with Crippen LogP contribution in [0.5, 0.6) is 5.75 Å². The first-order valence-corrected chi connectivity index (χ1v) is 8.58. The van der Waals surface area contributed by atoms with Crippen molar-refractivity contribution >= 4 is 17.7 Å². The number of esters is 2. The lowest BCUT2D eigenvalue weighted by Crippen LogP contribution is -2.21. The predicted molar refractivity (Wildman–Crippen MR) is 98.2 cm³/mol. The van der Waals surface area contributed by atoms with E-state index in [1.54, 1.807) is 32.9 Å². The van der Waals surface area contributed by atoms with Crippen LogP contribution < -0.4 is 4.74 Å². The van der Waals surface area contributed by atoms with Crippen LogP contribution in [0.1, 0.15) is 44.6 Å². The first-order valence-electron chi connectivity index (χ1n) is 8.58. The average Bonchev–Trinajstić information content (AvgIpc) is 2.93. The van der Waals surface area contributed by atoms with Gasteiger partial charge < -0.3 is 19.2 Å². The molecule has 0 spiro atoms. The lowest BCUT2D eigenvalue weighted by Gasteiger charge is -2.09. The Morgan fingerprint density at radius 1 is 0.926 bits per heavy atom. The Labute approximate surface area is 157 Å². The van der Waals surface area contributed by atoms with E-state index in [2.05, 4.69) is 4.98 Å². The minimum Gasteiger partial charge on any atom is -0.482 e. The van der Waals surface area contributed by atoms with Gasteiger partial charge in [-0.3, -0.25) is 4.79 Å². The monoisotopic (exact) mass is 373 g/mol. The van der Waals surface area contributed by atoms with Gasteiger partial charge in [0.25, 0.3) is 0 Å².